The number of ether oxygens (including phenoxy) is 1. The minimum absolute atomic E-state index is 0.369. The Morgan fingerprint density at radius 2 is 2.27 bits per heavy atom. The molecule has 1 aromatic carbocycles. The minimum Gasteiger partial charge on any atom is -0.497 e. The third-order valence-corrected chi connectivity index (χ3v) is 3.92. The predicted molar refractivity (Wildman–Crippen MR) is 76.7 cm³/mol. The van der Waals surface area contributed by atoms with Crippen LogP contribution in [0, 0.1) is 11.3 Å². The average molecular weight is 293 g/mol. The molecule has 0 amide bonds. The summed E-state index contributed by atoms with van der Waals surface area (Å²) in [5.41, 5.74) is 4.20. The van der Waals surface area contributed by atoms with Gasteiger partial charge in [-0.3, -0.25) is 19.1 Å². The van der Waals surface area contributed by atoms with Crippen LogP contribution in [0.25, 0.3) is 11.4 Å². The number of aromatic amines is 1. The summed E-state index contributed by atoms with van der Waals surface area (Å²) in [5, 5.41) is 12.3. The Morgan fingerprint density at radius 1 is 1.41 bits per heavy atom. The summed E-state index contributed by atoms with van der Waals surface area (Å²) in [4.78, 5) is 15.3. The van der Waals surface area contributed by atoms with Crippen molar-refractivity contribution in [3.63, 3.8) is 0 Å². The normalized spacial score (nSPS) is 11.8. The van der Waals surface area contributed by atoms with E-state index < -0.39 is 0 Å². The highest BCUT2D eigenvalue weighted by molar-refractivity contribution is 5.76. The Labute approximate surface area is 125 Å². The molecule has 0 saturated carbocycles. The number of benzene rings is 1. The maximum Gasteiger partial charge on any atom is 0.169 e. The van der Waals surface area contributed by atoms with Crippen LogP contribution in [0.5, 0.6) is 5.75 Å². The Morgan fingerprint density at radius 3 is 3.00 bits per heavy atom. The lowest BCUT2D eigenvalue weighted by molar-refractivity contribution is 0.111. The molecule has 0 fully saturated rings. The van der Waals surface area contributed by atoms with E-state index in [9.17, 15) is 10.1 Å². The molecule has 0 radical (unpaired) electrons. The summed E-state index contributed by atoms with van der Waals surface area (Å²) in [5.74, 6) is 0.712. The van der Waals surface area contributed by atoms with E-state index in [4.69, 9.17) is 4.74 Å². The van der Waals surface area contributed by atoms with E-state index in [1.54, 1.807) is 13.4 Å². The van der Waals surface area contributed by atoms with E-state index in [0.717, 1.165) is 29.0 Å². The second-order valence-electron chi connectivity index (χ2n) is 4.98. The molecule has 1 aliphatic heterocycles. The number of hydrogen-bond donors (Lipinski definition) is 1. The van der Waals surface area contributed by atoms with Crippen LogP contribution in [0.15, 0.2) is 24.5 Å². The molecule has 0 atom stereocenters. The first-order valence-electron chi connectivity index (χ1n) is 6.66. The smallest absolute Gasteiger partial charge is 0.169 e. The third kappa shape index (κ3) is 1.49. The van der Waals surface area contributed by atoms with Gasteiger partial charge >= 0.3 is 0 Å². The second kappa shape index (κ2) is 4.36. The maximum absolute atomic E-state index is 11.1. The fourth-order valence-electron chi connectivity index (χ4n) is 2.81. The monoisotopic (exact) mass is 293 g/mol. The fourth-order valence-corrected chi connectivity index (χ4v) is 2.81. The largest absolute Gasteiger partial charge is 0.497 e. The van der Waals surface area contributed by atoms with Crippen LogP contribution in [0.4, 0.5) is 0 Å². The van der Waals surface area contributed by atoms with Crippen LogP contribution in [0.1, 0.15) is 27.6 Å². The van der Waals surface area contributed by atoms with Gasteiger partial charge in [-0.05, 0) is 12.1 Å². The maximum atomic E-state index is 11.1. The molecule has 22 heavy (non-hydrogen) atoms. The van der Waals surface area contributed by atoms with E-state index in [0.29, 0.717) is 23.6 Å². The minimum atomic E-state index is 0.369. The number of carbonyl (C=O) groups excluding carboxylic acids is 1. The molecule has 1 aliphatic rings. The zero-order valence-corrected chi connectivity index (χ0v) is 11.7. The molecule has 7 nitrogen and oxygen atoms in total. The standard InChI is InChI=1S/C15H11N5O2/c1-22-9-2-3-12-15(4-9)20-14(11(7-21)18-20)5-13-10(6-16)17-8-19(12)13/h2-4,7-8,18H,5H2,1H3. The lowest BCUT2D eigenvalue weighted by atomic mass is 10.1. The van der Waals surface area contributed by atoms with Gasteiger partial charge in [0.2, 0.25) is 0 Å². The van der Waals surface area contributed by atoms with Gasteiger partial charge in [-0.15, -0.1) is 0 Å². The highest BCUT2D eigenvalue weighted by Crippen LogP contribution is 2.33. The molecule has 108 valence electrons. The summed E-state index contributed by atoms with van der Waals surface area (Å²) in [7, 11) is 1.60. The number of methoxy groups -OCH3 is 1. The summed E-state index contributed by atoms with van der Waals surface area (Å²) in [6.45, 7) is 0. The van der Waals surface area contributed by atoms with Gasteiger partial charge in [0.1, 0.15) is 23.8 Å². The van der Waals surface area contributed by atoms with E-state index in [-0.39, 0.29) is 0 Å². The zero-order valence-electron chi connectivity index (χ0n) is 11.7. The van der Waals surface area contributed by atoms with Crippen LogP contribution in [0.3, 0.4) is 0 Å². The van der Waals surface area contributed by atoms with Crippen LogP contribution in [-0.4, -0.2) is 32.7 Å². The molecular formula is C15H11N5O2. The Kier molecular flexibility index (Phi) is 2.47. The average Bonchev–Trinajstić information content (AvgIpc) is 2.90. The van der Waals surface area contributed by atoms with Gasteiger partial charge in [0.15, 0.2) is 12.0 Å². The number of aldehydes is 1. The van der Waals surface area contributed by atoms with Crippen molar-refractivity contribution in [3.05, 3.63) is 47.3 Å². The van der Waals surface area contributed by atoms with Crippen molar-refractivity contribution >= 4 is 6.29 Å². The van der Waals surface area contributed by atoms with Gasteiger partial charge in [-0.2, -0.15) is 5.26 Å². The van der Waals surface area contributed by atoms with Gasteiger partial charge in [-0.1, -0.05) is 0 Å². The summed E-state index contributed by atoms with van der Waals surface area (Å²) in [6.07, 6.45) is 2.87. The lowest BCUT2D eigenvalue weighted by Crippen LogP contribution is -2.19. The number of carbonyl (C=O) groups is 1. The highest BCUT2D eigenvalue weighted by Gasteiger charge is 2.26. The van der Waals surface area contributed by atoms with Gasteiger partial charge in [0.05, 0.1) is 29.9 Å². The van der Waals surface area contributed by atoms with Gasteiger partial charge in [0, 0.05) is 12.5 Å². The lowest BCUT2D eigenvalue weighted by Gasteiger charge is -2.20. The van der Waals surface area contributed by atoms with Gasteiger partial charge in [0.25, 0.3) is 0 Å². The first-order chi connectivity index (χ1) is 10.8. The third-order valence-electron chi connectivity index (χ3n) is 3.92. The number of hydrogen-bond acceptors (Lipinski definition) is 4. The number of nitriles is 1. The van der Waals surface area contributed by atoms with Crippen molar-refractivity contribution in [1.82, 2.24) is 19.3 Å². The fraction of sp³-hybridized carbons (Fsp3) is 0.133. The van der Waals surface area contributed by atoms with Crippen LogP contribution in [-0.2, 0) is 6.42 Å². The van der Waals surface area contributed by atoms with Crippen LogP contribution < -0.4 is 4.74 Å². The Bertz CT molecular complexity index is 938. The van der Waals surface area contributed by atoms with Crippen molar-refractivity contribution in [2.45, 2.75) is 6.42 Å². The molecule has 3 heterocycles. The number of nitrogens with one attached hydrogen (secondary N) is 1. The molecule has 3 aromatic rings. The van der Waals surface area contributed by atoms with E-state index >= 15 is 0 Å². The van der Waals surface area contributed by atoms with Crippen molar-refractivity contribution < 1.29 is 9.53 Å². The van der Waals surface area contributed by atoms with Gasteiger partial charge < -0.3 is 4.74 Å². The Balaban J connectivity index is 2.05. The molecule has 0 aliphatic carbocycles. The molecule has 4 rings (SSSR count). The molecule has 7 heteroatoms. The summed E-state index contributed by atoms with van der Waals surface area (Å²) < 4.78 is 9.00. The highest BCUT2D eigenvalue weighted by atomic mass is 16.5. The first kappa shape index (κ1) is 12.5. The number of aromatic nitrogens is 4. The van der Waals surface area contributed by atoms with Gasteiger partial charge in [-0.25, -0.2) is 4.98 Å². The number of nitrogens with zero attached hydrogens (tertiary/aromatic N) is 4. The SMILES string of the molecule is COc1ccc2c(c1)-n1[nH]c(C=O)c1Cc1c(C#N)ncn1-2. The number of rotatable bonds is 2. The number of imidazole rings is 1. The number of H-pyrrole nitrogens is 1. The molecule has 0 unspecified atom stereocenters. The Hall–Kier alpha value is -3.27. The number of fused-ring (bicyclic) bond motifs is 5. The van der Waals surface area contributed by atoms with Crippen LogP contribution >= 0.6 is 0 Å². The van der Waals surface area contributed by atoms with E-state index in [2.05, 4.69) is 16.2 Å². The molecule has 0 bridgehead atoms. The zero-order chi connectivity index (χ0) is 15.3. The molecule has 2 aromatic heterocycles. The van der Waals surface area contributed by atoms with Crippen molar-refractivity contribution in [3.8, 4) is 23.2 Å². The van der Waals surface area contributed by atoms with Crippen LogP contribution in [0.2, 0.25) is 0 Å². The predicted octanol–water partition coefficient (Wildman–Crippen LogP) is 1.59. The second-order valence-corrected chi connectivity index (χ2v) is 4.98. The summed E-state index contributed by atoms with van der Waals surface area (Å²) in [6, 6.07) is 7.74. The quantitative estimate of drug-likeness (QED) is 0.568. The van der Waals surface area contributed by atoms with E-state index in [1.807, 2.05) is 27.4 Å². The molecule has 1 N–H and O–H groups in total. The molecule has 0 saturated heterocycles. The van der Waals surface area contributed by atoms with Crippen molar-refractivity contribution in [1.29, 1.82) is 5.26 Å². The molecule has 0 spiro atoms. The van der Waals surface area contributed by atoms with Crippen molar-refractivity contribution in [2.24, 2.45) is 0 Å². The van der Waals surface area contributed by atoms with E-state index in [1.165, 1.54) is 0 Å². The van der Waals surface area contributed by atoms with Crippen molar-refractivity contribution in [2.75, 3.05) is 7.11 Å². The molecular weight excluding hydrogens is 282 g/mol. The topological polar surface area (TPSA) is 88.6 Å². The summed E-state index contributed by atoms with van der Waals surface area (Å²) >= 11 is 0. The first-order valence-corrected chi connectivity index (χ1v) is 6.66.